The molecule has 0 aromatic carbocycles. The van der Waals surface area contributed by atoms with Crippen LogP contribution in [0.2, 0.25) is 0 Å². The van der Waals surface area contributed by atoms with Gasteiger partial charge in [-0.05, 0) is 35.8 Å². The normalized spacial score (nSPS) is 19.1. The van der Waals surface area contributed by atoms with Crippen molar-refractivity contribution in [3.8, 4) is 0 Å². The third kappa shape index (κ3) is 1.34. The summed E-state index contributed by atoms with van der Waals surface area (Å²) in [6.45, 7) is 4.38. The number of rotatable bonds is 2. The molecule has 1 aromatic rings. The lowest BCUT2D eigenvalue weighted by Crippen LogP contribution is -2.15. The number of nitrogens with zero attached hydrogens (tertiary/aromatic N) is 1. The van der Waals surface area contributed by atoms with Crippen molar-refractivity contribution < 1.29 is 4.39 Å². The Morgan fingerprint density at radius 2 is 2.08 bits per heavy atom. The van der Waals surface area contributed by atoms with Gasteiger partial charge in [-0.25, -0.2) is 4.39 Å². The molecule has 1 nitrogen and oxygen atoms in total. The molecule has 70 valence electrons. The molecule has 1 fully saturated rings. The van der Waals surface area contributed by atoms with Crippen LogP contribution >= 0.6 is 0 Å². The SMILES string of the molecule is CC(C)C1(c2cncc(F)c2)CC1. The highest BCUT2D eigenvalue weighted by atomic mass is 19.1. The van der Waals surface area contributed by atoms with E-state index in [1.165, 1.54) is 19.0 Å². The second kappa shape index (κ2) is 2.79. The van der Waals surface area contributed by atoms with Gasteiger partial charge in [0.25, 0.3) is 0 Å². The van der Waals surface area contributed by atoms with Crippen molar-refractivity contribution in [1.29, 1.82) is 0 Å². The molecule has 0 atom stereocenters. The lowest BCUT2D eigenvalue weighted by molar-refractivity contribution is 0.476. The molecule has 1 aromatic heterocycles. The fourth-order valence-electron chi connectivity index (χ4n) is 2.02. The van der Waals surface area contributed by atoms with Crippen LogP contribution in [0.4, 0.5) is 4.39 Å². The highest BCUT2D eigenvalue weighted by Gasteiger charge is 2.47. The second-order valence-corrected chi connectivity index (χ2v) is 4.20. The molecule has 0 unspecified atom stereocenters. The molecule has 0 bridgehead atoms. The van der Waals surface area contributed by atoms with E-state index in [1.54, 1.807) is 12.3 Å². The molecule has 0 amide bonds. The molecule has 0 aliphatic heterocycles. The first kappa shape index (κ1) is 8.67. The summed E-state index contributed by atoms with van der Waals surface area (Å²) < 4.78 is 12.9. The molecule has 0 N–H and O–H groups in total. The van der Waals surface area contributed by atoms with Crippen LogP contribution in [0.3, 0.4) is 0 Å². The monoisotopic (exact) mass is 179 g/mol. The van der Waals surface area contributed by atoms with Crippen molar-refractivity contribution >= 4 is 0 Å². The van der Waals surface area contributed by atoms with E-state index in [9.17, 15) is 4.39 Å². The standard InChI is InChI=1S/C11H14FN/c1-8(2)11(3-4-11)9-5-10(12)7-13-6-9/h5-8H,3-4H2,1-2H3. The Hall–Kier alpha value is -0.920. The van der Waals surface area contributed by atoms with Crippen LogP contribution in [-0.2, 0) is 5.41 Å². The van der Waals surface area contributed by atoms with Gasteiger partial charge < -0.3 is 0 Å². The van der Waals surface area contributed by atoms with Gasteiger partial charge in [0, 0.05) is 6.20 Å². The molecule has 1 aliphatic carbocycles. The minimum Gasteiger partial charge on any atom is -0.261 e. The van der Waals surface area contributed by atoms with Gasteiger partial charge in [0.1, 0.15) is 5.82 Å². The summed E-state index contributed by atoms with van der Waals surface area (Å²) in [7, 11) is 0. The highest BCUT2D eigenvalue weighted by molar-refractivity contribution is 5.29. The van der Waals surface area contributed by atoms with Gasteiger partial charge in [-0.1, -0.05) is 13.8 Å². The summed E-state index contributed by atoms with van der Waals surface area (Å²) in [5, 5.41) is 0. The summed E-state index contributed by atoms with van der Waals surface area (Å²) in [4.78, 5) is 3.90. The third-order valence-corrected chi connectivity index (χ3v) is 3.17. The van der Waals surface area contributed by atoms with Crippen molar-refractivity contribution in [2.24, 2.45) is 5.92 Å². The molecule has 2 rings (SSSR count). The number of pyridine rings is 1. The molecule has 13 heavy (non-hydrogen) atoms. The van der Waals surface area contributed by atoms with Crippen LogP contribution in [0.5, 0.6) is 0 Å². The molecule has 0 radical (unpaired) electrons. The van der Waals surface area contributed by atoms with Crippen LogP contribution in [0.1, 0.15) is 32.3 Å². The van der Waals surface area contributed by atoms with E-state index >= 15 is 0 Å². The zero-order chi connectivity index (χ0) is 9.47. The van der Waals surface area contributed by atoms with Crippen LogP contribution < -0.4 is 0 Å². The zero-order valence-electron chi connectivity index (χ0n) is 8.05. The van der Waals surface area contributed by atoms with E-state index in [0.717, 1.165) is 5.56 Å². The first-order valence-electron chi connectivity index (χ1n) is 4.76. The fourth-order valence-corrected chi connectivity index (χ4v) is 2.02. The van der Waals surface area contributed by atoms with Crippen molar-refractivity contribution in [1.82, 2.24) is 4.98 Å². The van der Waals surface area contributed by atoms with Gasteiger partial charge in [-0.15, -0.1) is 0 Å². The van der Waals surface area contributed by atoms with Crippen molar-refractivity contribution in [3.63, 3.8) is 0 Å². The van der Waals surface area contributed by atoms with Crippen LogP contribution in [0, 0.1) is 11.7 Å². The van der Waals surface area contributed by atoms with E-state index < -0.39 is 0 Å². The van der Waals surface area contributed by atoms with Gasteiger partial charge in [-0.2, -0.15) is 0 Å². The van der Waals surface area contributed by atoms with Gasteiger partial charge in [0.05, 0.1) is 6.20 Å². The maximum Gasteiger partial charge on any atom is 0.141 e. The quantitative estimate of drug-likeness (QED) is 0.680. The van der Waals surface area contributed by atoms with Crippen LogP contribution in [0.15, 0.2) is 18.5 Å². The highest BCUT2D eigenvalue weighted by Crippen LogP contribution is 2.53. The minimum atomic E-state index is -0.218. The third-order valence-electron chi connectivity index (χ3n) is 3.17. The predicted octanol–water partition coefficient (Wildman–Crippen LogP) is 2.91. The average molecular weight is 179 g/mol. The second-order valence-electron chi connectivity index (χ2n) is 4.20. The van der Waals surface area contributed by atoms with E-state index in [-0.39, 0.29) is 11.2 Å². The lowest BCUT2D eigenvalue weighted by Gasteiger charge is -2.19. The zero-order valence-corrected chi connectivity index (χ0v) is 8.05. The van der Waals surface area contributed by atoms with E-state index in [2.05, 4.69) is 18.8 Å². The Morgan fingerprint density at radius 3 is 2.54 bits per heavy atom. The maximum atomic E-state index is 12.9. The topological polar surface area (TPSA) is 12.9 Å². The molecule has 1 saturated carbocycles. The smallest absolute Gasteiger partial charge is 0.141 e. The minimum absolute atomic E-state index is 0.218. The fraction of sp³-hybridized carbons (Fsp3) is 0.545. The first-order chi connectivity index (χ1) is 6.15. The Labute approximate surface area is 78.0 Å². The van der Waals surface area contributed by atoms with Gasteiger partial charge in [0.2, 0.25) is 0 Å². The summed E-state index contributed by atoms with van der Waals surface area (Å²) in [5.41, 5.74) is 1.30. The largest absolute Gasteiger partial charge is 0.261 e. The maximum absolute atomic E-state index is 12.9. The van der Waals surface area contributed by atoms with E-state index in [4.69, 9.17) is 0 Å². The van der Waals surface area contributed by atoms with Crippen LogP contribution in [0.25, 0.3) is 0 Å². The Balaban J connectivity index is 2.35. The molecular formula is C11H14FN. The molecule has 0 spiro atoms. The number of hydrogen-bond acceptors (Lipinski definition) is 1. The molecular weight excluding hydrogens is 165 g/mol. The van der Waals surface area contributed by atoms with Gasteiger partial charge in [-0.3, -0.25) is 4.98 Å². The predicted molar refractivity (Wildman–Crippen MR) is 49.9 cm³/mol. The Bertz CT molecular complexity index is 316. The number of halogens is 1. The first-order valence-corrected chi connectivity index (χ1v) is 4.76. The van der Waals surface area contributed by atoms with Crippen molar-refractivity contribution in [3.05, 3.63) is 29.8 Å². The van der Waals surface area contributed by atoms with Gasteiger partial charge >= 0.3 is 0 Å². The molecule has 2 heteroatoms. The molecule has 0 saturated heterocycles. The Morgan fingerprint density at radius 1 is 1.38 bits per heavy atom. The lowest BCUT2D eigenvalue weighted by atomic mass is 9.86. The summed E-state index contributed by atoms with van der Waals surface area (Å²) in [5.74, 6) is 0.362. The van der Waals surface area contributed by atoms with Crippen LogP contribution in [-0.4, -0.2) is 4.98 Å². The molecule has 1 heterocycles. The van der Waals surface area contributed by atoms with Crippen molar-refractivity contribution in [2.75, 3.05) is 0 Å². The summed E-state index contributed by atoms with van der Waals surface area (Å²) >= 11 is 0. The number of hydrogen-bond donors (Lipinski definition) is 0. The van der Waals surface area contributed by atoms with Gasteiger partial charge in [0.15, 0.2) is 0 Å². The molecule has 1 aliphatic rings. The number of aromatic nitrogens is 1. The van der Waals surface area contributed by atoms with E-state index in [1.807, 2.05) is 0 Å². The Kier molecular flexibility index (Phi) is 1.86. The van der Waals surface area contributed by atoms with Crippen molar-refractivity contribution in [2.45, 2.75) is 32.1 Å². The van der Waals surface area contributed by atoms with E-state index in [0.29, 0.717) is 5.92 Å². The summed E-state index contributed by atoms with van der Waals surface area (Å²) in [6, 6.07) is 1.62. The average Bonchev–Trinajstić information content (AvgIpc) is 2.83. The summed E-state index contributed by atoms with van der Waals surface area (Å²) in [6.07, 6.45) is 5.42.